The molecule has 0 saturated heterocycles. The molecule has 0 unspecified atom stereocenters. The summed E-state index contributed by atoms with van der Waals surface area (Å²) < 4.78 is 0. The fourth-order valence-corrected chi connectivity index (χ4v) is 1.81. The summed E-state index contributed by atoms with van der Waals surface area (Å²) in [6.07, 6.45) is 0.430. The lowest BCUT2D eigenvalue weighted by atomic mass is 9.97. The molecule has 0 atom stereocenters. The van der Waals surface area contributed by atoms with Crippen molar-refractivity contribution in [1.82, 2.24) is 0 Å². The molecule has 92 valence electrons. The van der Waals surface area contributed by atoms with Crippen molar-refractivity contribution in [2.24, 2.45) is 5.41 Å². The molecule has 0 spiro atoms. The second kappa shape index (κ2) is 3.95. The van der Waals surface area contributed by atoms with Crippen LogP contribution in [0.25, 0.3) is 0 Å². The number of amides is 1. The highest BCUT2D eigenvalue weighted by atomic mass is 16.1. The lowest BCUT2D eigenvalue weighted by Crippen LogP contribution is -2.19. The van der Waals surface area contributed by atoms with Crippen molar-refractivity contribution in [2.75, 3.05) is 22.9 Å². The largest absolute Gasteiger partial charge is 0.397 e. The van der Waals surface area contributed by atoms with Gasteiger partial charge < -0.3 is 16.4 Å². The standard InChI is InChI=1S/C13H19N3O/c1-13(2,3)7-15-11-6-10-8(4-9(11)14)5-12(17)16-10/h4,6,15H,5,7,14H2,1-3H3,(H,16,17). The zero-order chi connectivity index (χ0) is 12.6. The first-order valence-electron chi connectivity index (χ1n) is 5.81. The average molecular weight is 233 g/mol. The predicted octanol–water partition coefficient (Wildman–Crippen LogP) is 2.22. The van der Waals surface area contributed by atoms with Crippen molar-refractivity contribution < 1.29 is 4.79 Å². The van der Waals surface area contributed by atoms with E-state index < -0.39 is 0 Å². The van der Waals surface area contributed by atoms with E-state index >= 15 is 0 Å². The van der Waals surface area contributed by atoms with E-state index in [0.717, 1.165) is 23.5 Å². The molecule has 1 amide bonds. The van der Waals surface area contributed by atoms with Gasteiger partial charge in [-0.25, -0.2) is 0 Å². The second-order valence-electron chi connectivity index (χ2n) is 5.74. The number of fused-ring (bicyclic) bond motifs is 1. The van der Waals surface area contributed by atoms with Crippen LogP contribution in [0.3, 0.4) is 0 Å². The van der Waals surface area contributed by atoms with Gasteiger partial charge in [0.05, 0.1) is 17.8 Å². The molecule has 4 heteroatoms. The van der Waals surface area contributed by atoms with E-state index in [-0.39, 0.29) is 11.3 Å². The Morgan fingerprint density at radius 2 is 2.12 bits per heavy atom. The third-order valence-corrected chi connectivity index (χ3v) is 2.71. The van der Waals surface area contributed by atoms with Crippen LogP contribution in [0.5, 0.6) is 0 Å². The zero-order valence-electron chi connectivity index (χ0n) is 10.6. The van der Waals surface area contributed by atoms with Gasteiger partial charge in [-0.3, -0.25) is 4.79 Å². The van der Waals surface area contributed by atoms with Crippen LogP contribution in [0.2, 0.25) is 0 Å². The molecule has 1 aliphatic heterocycles. The predicted molar refractivity (Wildman–Crippen MR) is 71.1 cm³/mol. The number of rotatable bonds is 2. The summed E-state index contributed by atoms with van der Waals surface area (Å²) in [4.78, 5) is 11.3. The quantitative estimate of drug-likeness (QED) is 0.686. The van der Waals surface area contributed by atoms with Crippen LogP contribution in [0.15, 0.2) is 12.1 Å². The van der Waals surface area contributed by atoms with Crippen molar-refractivity contribution in [3.8, 4) is 0 Å². The van der Waals surface area contributed by atoms with Crippen LogP contribution in [-0.2, 0) is 11.2 Å². The SMILES string of the molecule is CC(C)(C)CNc1cc2c(cc1N)CC(=O)N2. The molecule has 2 rings (SSSR count). The summed E-state index contributed by atoms with van der Waals surface area (Å²) >= 11 is 0. The zero-order valence-corrected chi connectivity index (χ0v) is 10.6. The molecule has 1 aromatic carbocycles. The number of anilines is 3. The first-order valence-corrected chi connectivity index (χ1v) is 5.81. The first-order chi connectivity index (χ1) is 7.85. The van der Waals surface area contributed by atoms with Crippen molar-refractivity contribution in [3.05, 3.63) is 17.7 Å². The van der Waals surface area contributed by atoms with Crippen LogP contribution < -0.4 is 16.4 Å². The number of hydrogen-bond donors (Lipinski definition) is 3. The Hall–Kier alpha value is -1.71. The summed E-state index contributed by atoms with van der Waals surface area (Å²) in [5.41, 5.74) is 9.60. The number of nitrogens with one attached hydrogen (secondary N) is 2. The number of hydrogen-bond acceptors (Lipinski definition) is 3. The molecular weight excluding hydrogens is 214 g/mol. The van der Waals surface area contributed by atoms with Gasteiger partial charge in [0.1, 0.15) is 0 Å². The van der Waals surface area contributed by atoms with E-state index in [1.54, 1.807) is 0 Å². The molecule has 4 nitrogen and oxygen atoms in total. The van der Waals surface area contributed by atoms with E-state index in [9.17, 15) is 4.79 Å². The smallest absolute Gasteiger partial charge is 0.228 e. The first kappa shape index (κ1) is 11.8. The van der Waals surface area contributed by atoms with Gasteiger partial charge in [0.2, 0.25) is 5.91 Å². The van der Waals surface area contributed by atoms with Crippen molar-refractivity contribution >= 4 is 23.0 Å². The van der Waals surface area contributed by atoms with E-state index in [1.165, 1.54) is 0 Å². The van der Waals surface area contributed by atoms with Crippen LogP contribution in [-0.4, -0.2) is 12.5 Å². The minimum Gasteiger partial charge on any atom is -0.397 e. The van der Waals surface area contributed by atoms with Crippen LogP contribution in [0.4, 0.5) is 17.1 Å². The Labute approximate surface area is 102 Å². The summed E-state index contributed by atoms with van der Waals surface area (Å²) in [5, 5.41) is 6.15. The highest BCUT2D eigenvalue weighted by molar-refractivity contribution is 6.00. The normalized spacial score (nSPS) is 14.4. The Morgan fingerprint density at radius 1 is 1.41 bits per heavy atom. The van der Waals surface area contributed by atoms with E-state index in [2.05, 4.69) is 31.4 Å². The van der Waals surface area contributed by atoms with Gasteiger partial charge in [-0.15, -0.1) is 0 Å². The minimum absolute atomic E-state index is 0.0346. The summed E-state index contributed by atoms with van der Waals surface area (Å²) in [7, 11) is 0. The Bertz CT molecular complexity index is 460. The third kappa shape index (κ3) is 2.70. The van der Waals surface area contributed by atoms with Crippen molar-refractivity contribution in [2.45, 2.75) is 27.2 Å². The van der Waals surface area contributed by atoms with Crippen molar-refractivity contribution in [3.63, 3.8) is 0 Å². The third-order valence-electron chi connectivity index (χ3n) is 2.71. The molecule has 1 aromatic rings. The molecule has 0 fully saturated rings. The van der Waals surface area contributed by atoms with Crippen LogP contribution in [0, 0.1) is 5.41 Å². The highest BCUT2D eigenvalue weighted by Gasteiger charge is 2.19. The number of nitrogen functional groups attached to an aromatic ring is 1. The van der Waals surface area contributed by atoms with Gasteiger partial charge in [0, 0.05) is 12.2 Å². The number of carbonyl (C=O) groups is 1. The number of carbonyl (C=O) groups excluding carboxylic acids is 1. The van der Waals surface area contributed by atoms with Gasteiger partial charge in [-0.2, -0.15) is 0 Å². The van der Waals surface area contributed by atoms with Gasteiger partial charge in [-0.05, 0) is 23.1 Å². The summed E-state index contributed by atoms with van der Waals surface area (Å²) in [6.45, 7) is 7.31. The molecular formula is C13H19N3O. The van der Waals surface area contributed by atoms with E-state index in [1.807, 2.05) is 12.1 Å². The molecule has 17 heavy (non-hydrogen) atoms. The molecule has 0 aliphatic carbocycles. The van der Waals surface area contributed by atoms with Gasteiger partial charge >= 0.3 is 0 Å². The Morgan fingerprint density at radius 3 is 2.76 bits per heavy atom. The van der Waals surface area contributed by atoms with Gasteiger partial charge in [0.15, 0.2) is 0 Å². The maximum atomic E-state index is 11.3. The summed E-state index contributed by atoms with van der Waals surface area (Å²) in [5.74, 6) is 0.0346. The molecule has 1 aliphatic rings. The lowest BCUT2D eigenvalue weighted by Gasteiger charge is -2.21. The van der Waals surface area contributed by atoms with E-state index in [0.29, 0.717) is 12.1 Å². The number of nitrogens with two attached hydrogens (primary N) is 1. The Kier molecular flexibility index (Phi) is 2.73. The van der Waals surface area contributed by atoms with Crippen LogP contribution in [0.1, 0.15) is 26.3 Å². The van der Waals surface area contributed by atoms with Crippen molar-refractivity contribution in [1.29, 1.82) is 0 Å². The van der Waals surface area contributed by atoms with E-state index in [4.69, 9.17) is 5.73 Å². The molecule has 4 N–H and O–H groups in total. The monoisotopic (exact) mass is 233 g/mol. The second-order valence-corrected chi connectivity index (χ2v) is 5.74. The fourth-order valence-electron chi connectivity index (χ4n) is 1.81. The lowest BCUT2D eigenvalue weighted by molar-refractivity contribution is -0.115. The number of benzene rings is 1. The maximum Gasteiger partial charge on any atom is 0.228 e. The average Bonchev–Trinajstić information content (AvgIpc) is 2.52. The van der Waals surface area contributed by atoms with Gasteiger partial charge in [0.25, 0.3) is 0 Å². The van der Waals surface area contributed by atoms with Crippen LogP contribution >= 0.6 is 0 Å². The molecule has 0 bridgehead atoms. The molecule has 0 aromatic heterocycles. The molecule has 0 radical (unpaired) electrons. The topological polar surface area (TPSA) is 67.1 Å². The molecule has 0 saturated carbocycles. The Balaban J connectivity index is 2.19. The minimum atomic E-state index is 0.0346. The molecule has 1 heterocycles. The maximum absolute atomic E-state index is 11.3. The van der Waals surface area contributed by atoms with Gasteiger partial charge in [-0.1, -0.05) is 20.8 Å². The fraction of sp³-hybridized carbons (Fsp3) is 0.462. The summed E-state index contributed by atoms with van der Waals surface area (Å²) in [6, 6.07) is 3.79. The highest BCUT2D eigenvalue weighted by Crippen LogP contribution is 2.32.